The molecular weight excluding hydrogens is 196 g/mol. The summed E-state index contributed by atoms with van der Waals surface area (Å²) in [5.41, 5.74) is 0. The second-order valence-corrected chi connectivity index (χ2v) is 5.61. The maximum Gasteiger partial charge on any atom is 0.0137 e. The average Bonchev–Trinajstić information content (AvgIpc) is 2.84. The van der Waals surface area contributed by atoms with Crippen LogP contribution >= 0.6 is 0 Å². The fourth-order valence-electron chi connectivity index (χ4n) is 3.67. The van der Waals surface area contributed by atoms with Crippen LogP contribution in [0.3, 0.4) is 0 Å². The molecule has 2 heterocycles. The topological polar surface area (TPSA) is 15.3 Å². The van der Waals surface area contributed by atoms with E-state index in [0.29, 0.717) is 0 Å². The molecular formula is C14H28N2. The lowest BCUT2D eigenvalue weighted by atomic mass is 9.93. The van der Waals surface area contributed by atoms with Crippen LogP contribution in [0.5, 0.6) is 0 Å². The molecule has 2 heteroatoms. The molecule has 2 aliphatic rings. The van der Waals surface area contributed by atoms with Crippen LogP contribution in [-0.4, -0.2) is 37.1 Å². The molecule has 2 fully saturated rings. The maximum absolute atomic E-state index is 3.56. The van der Waals surface area contributed by atoms with E-state index in [0.717, 1.165) is 17.9 Å². The largest absolute Gasteiger partial charge is 0.316 e. The van der Waals surface area contributed by atoms with E-state index in [1.54, 1.807) is 0 Å². The molecule has 3 atom stereocenters. The van der Waals surface area contributed by atoms with Crippen LogP contribution in [0.4, 0.5) is 0 Å². The molecule has 0 amide bonds. The summed E-state index contributed by atoms with van der Waals surface area (Å²) in [7, 11) is 0. The van der Waals surface area contributed by atoms with Crippen molar-refractivity contribution in [3.8, 4) is 0 Å². The first-order valence-electron chi connectivity index (χ1n) is 7.31. The summed E-state index contributed by atoms with van der Waals surface area (Å²) in [5, 5.41) is 3.56. The van der Waals surface area contributed by atoms with Crippen molar-refractivity contribution in [2.24, 2.45) is 11.8 Å². The van der Waals surface area contributed by atoms with E-state index in [-0.39, 0.29) is 0 Å². The Hall–Kier alpha value is -0.0800. The average molecular weight is 224 g/mol. The third kappa shape index (κ3) is 2.60. The van der Waals surface area contributed by atoms with E-state index < -0.39 is 0 Å². The molecule has 2 saturated heterocycles. The van der Waals surface area contributed by atoms with Crippen molar-refractivity contribution in [2.45, 2.75) is 52.0 Å². The number of rotatable bonds is 6. The SMILES string of the molecule is CCCCCCN1CC2CNCC2C1CC. The van der Waals surface area contributed by atoms with Crippen LogP contribution < -0.4 is 5.32 Å². The predicted molar refractivity (Wildman–Crippen MR) is 69.6 cm³/mol. The predicted octanol–water partition coefficient (Wildman–Crippen LogP) is 2.50. The van der Waals surface area contributed by atoms with Gasteiger partial charge in [-0.2, -0.15) is 0 Å². The summed E-state index contributed by atoms with van der Waals surface area (Å²) in [6.45, 7) is 9.92. The second-order valence-electron chi connectivity index (χ2n) is 5.61. The lowest BCUT2D eigenvalue weighted by molar-refractivity contribution is 0.214. The lowest BCUT2D eigenvalue weighted by Crippen LogP contribution is -2.35. The van der Waals surface area contributed by atoms with Gasteiger partial charge >= 0.3 is 0 Å². The monoisotopic (exact) mass is 224 g/mol. The maximum atomic E-state index is 3.56. The molecule has 2 rings (SSSR count). The van der Waals surface area contributed by atoms with Gasteiger partial charge in [-0.3, -0.25) is 4.90 Å². The Kier molecular flexibility index (Phi) is 4.66. The number of nitrogens with one attached hydrogen (secondary N) is 1. The van der Waals surface area contributed by atoms with Gasteiger partial charge in [0.15, 0.2) is 0 Å². The first kappa shape index (κ1) is 12.4. The van der Waals surface area contributed by atoms with Gasteiger partial charge < -0.3 is 5.32 Å². The van der Waals surface area contributed by atoms with Crippen LogP contribution in [0.1, 0.15) is 46.0 Å². The number of hydrogen-bond donors (Lipinski definition) is 1. The standard InChI is InChI=1S/C14H28N2/c1-3-5-6-7-8-16-11-12-9-15-10-13(12)14(16)4-2/h12-15H,3-11H2,1-2H3. The van der Waals surface area contributed by atoms with E-state index in [1.165, 1.54) is 58.3 Å². The summed E-state index contributed by atoms with van der Waals surface area (Å²) >= 11 is 0. The smallest absolute Gasteiger partial charge is 0.0137 e. The zero-order chi connectivity index (χ0) is 11.4. The molecule has 94 valence electrons. The molecule has 0 aliphatic carbocycles. The van der Waals surface area contributed by atoms with Crippen molar-refractivity contribution in [1.82, 2.24) is 10.2 Å². The first-order chi connectivity index (χ1) is 7.86. The third-order valence-electron chi connectivity index (χ3n) is 4.54. The van der Waals surface area contributed by atoms with E-state index >= 15 is 0 Å². The Morgan fingerprint density at radius 2 is 2.00 bits per heavy atom. The molecule has 0 saturated carbocycles. The van der Waals surface area contributed by atoms with Crippen molar-refractivity contribution in [3.63, 3.8) is 0 Å². The number of likely N-dealkylation sites (tertiary alicyclic amines) is 1. The Morgan fingerprint density at radius 1 is 1.12 bits per heavy atom. The minimum Gasteiger partial charge on any atom is -0.316 e. The van der Waals surface area contributed by atoms with Crippen molar-refractivity contribution in [3.05, 3.63) is 0 Å². The fraction of sp³-hybridized carbons (Fsp3) is 1.00. The van der Waals surface area contributed by atoms with E-state index in [1.807, 2.05) is 0 Å². The van der Waals surface area contributed by atoms with Crippen LogP contribution in [0.25, 0.3) is 0 Å². The van der Waals surface area contributed by atoms with Gasteiger partial charge in [-0.15, -0.1) is 0 Å². The molecule has 0 aromatic carbocycles. The molecule has 16 heavy (non-hydrogen) atoms. The number of hydrogen-bond acceptors (Lipinski definition) is 2. The fourth-order valence-corrected chi connectivity index (χ4v) is 3.67. The highest BCUT2D eigenvalue weighted by Crippen LogP contribution is 2.34. The molecule has 0 spiro atoms. The second kappa shape index (κ2) is 6.02. The summed E-state index contributed by atoms with van der Waals surface area (Å²) in [5.74, 6) is 1.91. The van der Waals surface area contributed by atoms with Gasteiger partial charge in [-0.1, -0.05) is 33.1 Å². The highest BCUT2D eigenvalue weighted by Gasteiger charge is 2.42. The first-order valence-corrected chi connectivity index (χ1v) is 7.31. The van der Waals surface area contributed by atoms with Crippen molar-refractivity contribution >= 4 is 0 Å². The molecule has 2 nitrogen and oxygen atoms in total. The zero-order valence-electron chi connectivity index (χ0n) is 11.0. The van der Waals surface area contributed by atoms with Gasteiger partial charge in [0.05, 0.1) is 0 Å². The Morgan fingerprint density at radius 3 is 2.75 bits per heavy atom. The van der Waals surface area contributed by atoms with Gasteiger partial charge in [0.2, 0.25) is 0 Å². The highest BCUT2D eigenvalue weighted by molar-refractivity contribution is 4.97. The van der Waals surface area contributed by atoms with E-state index in [4.69, 9.17) is 0 Å². The van der Waals surface area contributed by atoms with Crippen molar-refractivity contribution in [2.75, 3.05) is 26.2 Å². The number of unbranched alkanes of at least 4 members (excludes halogenated alkanes) is 3. The molecule has 3 unspecified atom stereocenters. The molecule has 2 aliphatic heterocycles. The minimum absolute atomic E-state index is 0.877. The normalized spacial score (nSPS) is 34.5. The van der Waals surface area contributed by atoms with Crippen molar-refractivity contribution in [1.29, 1.82) is 0 Å². The quantitative estimate of drug-likeness (QED) is 0.697. The number of fused-ring (bicyclic) bond motifs is 1. The summed E-state index contributed by atoms with van der Waals surface area (Å²) < 4.78 is 0. The Labute approximate surface area is 101 Å². The molecule has 0 aromatic heterocycles. The van der Waals surface area contributed by atoms with Gasteiger partial charge in [0.1, 0.15) is 0 Å². The van der Waals surface area contributed by atoms with Crippen LogP contribution in [0.2, 0.25) is 0 Å². The Balaban J connectivity index is 1.76. The van der Waals surface area contributed by atoms with Gasteiger partial charge in [-0.25, -0.2) is 0 Å². The third-order valence-corrected chi connectivity index (χ3v) is 4.54. The molecule has 0 aromatic rings. The van der Waals surface area contributed by atoms with E-state index in [9.17, 15) is 0 Å². The van der Waals surface area contributed by atoms with Gasteiger partial charge in [0.25, 0.3) is 0 Å². The molecule has 0 radical (unpaired) electrons. The van der Waals surface area contributed by atoms with Gasteiger partial charge in [0, 0.05) is 12.6 Å². The Bertz CT molecular complexity index is 205. The summed E-state index contributed by atoms with van der Waals surface area (Å²) in [4.78, 5) is 2.78. The number of nitrogens with zero attached hydrogens (tertiary/aromatic N) is 1. The molecule has 1 N–H and O–H groups in total. The highest BCUT2D eigenvalue weighted by atomic mass is 15.2. The minimum atomic E-state index is 0.877. The van der Waals surface area contributed by atoms with Gasteiger partial charge in [-0.05, 0) is 44.3 Å². The van der Waals surface area contributed by atoms with Crippen LogP contribution in [0.15, 0.2) is 0 Å². The summed E-state index contributed by atoms with van der Waals surface area (Å²) in [6, 6.07) is 0.877. The van der Waals surface area contributed by atoms with Crippen molar-refractivity contribution < 1.29 is 0 Å². The summed E-state index contributed by atoms with van der Waals surface area (Å²) in [6.07, 6.45) is 6.95. The molecule has 0 bridgehead atoms. The van der Waals surface area contributed by atoms with Crippen LogP contribution in [0, 0.1) is 11.8 Å². The van der Waals surface area contributed by atoms with E-state index in [2.05, 4.69) is 24.1 Å². The lowest BCUT2D eigenvalue weighted by Gasteiger charge is -2.26. The van der Waals surface area contributed by atoms with Crippen LogP contribution in [-0.2, 0) is 0 Å². The zero-order valence-corrected chi connectivity index (χ0v) is 11.0.